The highest BCUT2D eigenvalue weighted by Crippen LogP contribution is 2.41. The minimum absolute atomic E-state index is 0.0191. The lowest BCUT2D eigenvalue weighted by atomic mass is 9.97. The first kappa shape index (κ1) is 38.9. The van der Waals surface area contributed by atoms with Gasteiger partial charge in [0.2, 0.25) is 0 Å². The average Bonchev–Trinajstić information content (AvgIpc) is 3.37. The molecule has 0 spiro atoms. The first-order valence-corrected chi connectivity index (χ1v) is 17.0. The van der Waals surface area contributed by atoms with Crippen molar-refractivity contribution in [3.8, 4) is 28.4 Å². The van der Waals surface area contributed by atoms with E-state index in [1.165, 1.54) is 54.5 Å². The lowest BCUT2D eigenvalue weighted by Crippen LogP contribution is -2.38. The third-order valence-corrected chi connectivity index (χ3v) is 9.43. The number of benzene rings is 3. The molecule has 2 heterocycles. The Balaban J connectivity index is 1.37. The molecule has 5 rings (SSSR count). The van der Waals surface area contributed by atoms with E-state index in [-0.39, 0.29) is 68.8 Å². The summed E-state index contributed by atoms with van der Waals surface area (Å²) in [4.78, 5) is 28.4. The smallest absolute Gasteiger partial charge is 0.416 e. The number of thioether (sulfide) groups is 1. The maximum absolute atomic E-state index is 13.6. The van der Waals surface area contributed by atoms with Crippen molar-refractivity contribution in [1.82, 2.24) is 9.80 Å². The third kappa shape index (κ3) is 9.76. The van der Waals surface area contributed by atoms with E-state index in [9.17, 15) is 41.0 Å². The Morgan fingerprint density at radius 3 is 2.17 bits per heavy atom. The van der Waals surface area contributed by atoms with Crippen molar-refractivity contribution in [3.05, 3.63) is 81.8 Å². The first-order chi connectivity index (χ1) is 24.6. The van der Waals surface area contributed by atoms with E-state index in [0.29, 0.717) is 57.2 Å². The Kier molecular flexibility index (Phi) is 12.4. The monoisotopic (exact) mass is 770 g/mol. The van der Waals surface area contributed by atoms with Crippen molar-refractivity contribution >= 4 is 46.3 Å². The van der Waals surface area contributed by atoms with E-state index < -0.39 is 35.4 Å². The first-order valence-electron chi connectivity index (χ1n) is 15.8. The van der Waals surface area contributed by atoms with Gasteiger partial charge in [0, 0.05) is 31.7 Å². The summed E-state index contributed by atoms with van der Waals surface area (Å²) < 4.78 is 104. The molecule has 2 saturated heterocycles. The summed E-state index contributed by atoms with van der Waals surface area (Å²) in [6, 6.07) is 9.69. The van der Waals surface area contributed by atoms with E-state index in [0.717, 1.165) is 11.8 Å². The molecule has 278 valence electrons. The van der Waals surface area contributed by atoms with E-state index in [4.69, 9.17) is 31.2 Å². The standard InChI is InChI=1S/C35H32F6N2O7S2/c1-47-29-18-22(32(45)46)4-6-28(29)49-11-2-7-43-31(44)30(52-33(43)51)19-24-15-21(3-5-27(24)50-14-10-42-8-12-48-13-9-42)23-16-25(34(36,37)38)20-26(17-23)35(39,40)41/h3-6,15-20H,2,7-14H2,1H3,(H,45,46)/b30-19-. The summed E-state index contributed by atoms with van der Waals surface area (Å²) in [5.41, 5.74) is -2.91. The molecule has 3 aromatic carbocycles. The summed E-state index contributed by atoms with van der Waals surface area (Å²) in [7, 11) is 1.37. The molecule has 0 bridgehead atoms. The summed E-state index contributed by atoms with van der Waals surface area (Å²) in [6.45, 7) is 3.57. The van der Waals surface area contributed by atoms with Crippen molar-refractivity contribution in [2.45, 2.75) is 18.8 Å². The van der Waals surface area contributed by atoms with Gasteiger partial charge in [0.1, 0.15) is 16.7 Å². The average molecular weight is 771 g/mol. The number of carbonyl (C=O) groups excluding carboxylic acids is 1. The lowest BCUT2D eigenvalue weighted by molar-refractivity contribution is -0.143. The topological polar surface area (TPSA) is 97.8 Å². The van der Waals surface area contributed by atoms with Crippen LogP contribution in [0.4, 0.5) is 26.3 Å². The van der Waals surface area contributed by atoms with E-state index >= 15 is 0 Å². The number of morpholine rings is 1. The van der Waals surface area contributed by atoms with Gasteiger partial charge in [-0.15, -0.1) is 0 Å². The van der Waals surface area contributed by atoms with E-state index in [1.807, 2.05) is 0 Å². The number of ether oxygens (including phenoxy) is 4. The third-order valence-electron chi connectivity index (χ3n) is 8.05. The van der Waals surface area contributed by atoms with Gasteiger partial charge < -0.3 is 24.1 Å². The van der Waals surface area contributed by atoms with Gasteiger partial charge in [0.05, 0.1) is 48.5 Å². The highest BCUT2D eigenvalue weighted by atomic mass is 32.2. The van der Waals surface area contributed by atoms with Gasteiger partial charge in [-0.3, -0.25) is 14.6 Å². The maximum atomic E-state index is 13.6. The molecule has 0 saturated carbocycles. The largest absolute Gasteiger partial charge is 0.493 e. The molecule has 1 amide bonds. The number of carbonyl (C=O) groups is 2. The number of carboxylic acid groups (broad SMARTS) is 1. The fraction of sp³-hybridized carbons (Fsp3) is 0.343. The van der Waals surface area contributed by atoms with Crippen LogP contribution in [0.2, 0.25) is 0 Å². The number of carboxylic acids is 1. The molecule has 2 aliphatic heterocycles. The molecule has 0 aliphatic carbocycles. The Morgan fingerprint density at radius 2 is 1.54 bits per heavy atom. The summed E-state index contributed by atoms with van der Waals surface area (Å²) >= 11 is 6.45. The maximum Gasteiger partial charge on any atom is 0.416 e. The molecule has 1 N–H and O–H groups in total. The Morgan fingerprint density at radius 1 is 0.885 bits per heavy atom. The molecule has 0 atom stereocenters. The Bertz CT molecular complexity index is 1810. The minimum atomic E-state index is -5.03. The van der Waals surface area contributed by atoms with Gasteiger partial charge in [-0.1, -0.05) is 30.0 Å². The number of amides is 1. The molecule has 17 heteroatoms. The van der Waals surface area contributed by atoms with Crippen LogP contribution >= 0.6 is 24.0 Å². The quantitative estimate of drug-likeness (QED) is 0.0816. The molecule has 52 heavy (non-hydrogen) atoms. The number of methoxy groups -OCH3 is 1. The number of halogens is 6. The van der Waals surface area contributed by atoms with Crippen LogP contribution in [-0.2, 0) is 21.9 Å². The number of nitrogens with zero attached hydrogens (tertiary/aromatic N) is 2. The van der Waals surface area contributed by atoms with Gasteiger partial charge in [0.15, 0.2) is 11.5 Å². The number of hydrogen-bond donors (Lipinski definition) is 1. The molecule has 3 aromatic rings. The van der Waals surface area contributed by atoms with Crippen LogP contribution in [0.15, 0.2) is 59.5 Å². The van der Waals surface area contributed by atoms with Crippen molar-refractivity contribution in [3.63, 3.8) is 0 Å². The predicted octanol–water partition coefficient (Wildman–Crippen LogP) is 7.48. The number of rotatable bonds is 13. The van der Waals surface area contributed by atoms with Crippen molar-refractivity contribution in [2.24, 2.45) is 0 Å². The second-order valence-corrected chi connectivity index (χ2v) is 13.2. The van der Waals surface area contributed by atoms with Crippen LogP contribution < -0.4 is 14.2 Å². The Labute approximate surface area is 304 Å². The van der Waals surface area contributed by atoms with Crippen LogP contribution in [0.1, 0.15) is 33.5 Å². The predicted molar refractivity (Wildman–Crippen MR) is 185 cm³/mol. The SMILES string of the molecule is COc1cc(C(=O)O)ccc1OCCCN1C(=O)/C(=C/c2cc(-c3cc(C(F)(F)F)cc(C(F)(F)F)c3)ccc2OCCN2CCOCC2)SC1=S. The van der Waals surface area contributed by atoms with Gasteiger partial charge in [0.25, 0.3) is 5.91 Å². The normalized spacial score (nSPS) is 16.4. The zero-order valence-corrected chi connectivity index (χ0v) is 29.1. The second-order valence-electron chi connectivity index (χ2n) is 11.6. The summed E-state index contributed by atoms with van der Waals surface area (Å²) in [5, 5.41) is 9.20. The zero-order chi connectivity index (χ0) is 37.6. The molecule has 2 aliphatic rings. The van der Waals surface area contributed by atoms with E-state index in [2.05, 4.69) is 4.90 Å². The van der Waals surface area contributed by atoms with Crippen molar-refractivity contribution in [2.75, 3.05) is 59.7 Å². The summed E-state index contributed by atoms with van der Waals surface area (Å²) in [6.07, 6.45) is -8.28. The minimum Gasteiger partial charge on any atom is -0.493 e. The number of hydrogen-bond acceptors (Lipinski definition) is 9. The van der Waals surface area contributed by atoms with Gasteiger partial charge >= 0.3 is 18.3 Å². The van der Waals surface area contributed by atoms with Gasteiger partial charge in [-0.2, -0.15) is 26.3 Å². The zero-order valence-electron chi connectivity index (χ0n) is 27.5. The fourth-order valence-corrected chi connectivity index (χ4v) is 6.66. The highest BCUT2D eigenvalue weighted by Gasteiger charge is 2.37. The number of aromatic carboxylic acids is 1. The van der Waals surface area contributed by atoms with Crippen molar-refractivity contribution in [1.29, 1.82) is 0 Å². The highest BCUT2D eigenvalue weighted by molar-refractivity contribution is 8.26. The van der Waals surface area contributed by atoms with Crippen LogP contribution in [0.5, 0.6) is 17.2 Å². The number of thiocarbonyl (C=S) groups is 1. The van der Waals surface area contributed by atoms with Crippen molar-refractivity contribution < 1.29 is 60.0 Å². The van der Waals surface area contributed by atoms with Crippen LogP contribution in [0.25, 0.3) is 17.2 Å². The molecule has 9 nitrogen and oxygen atoms in total. The molecule has 0 radical (unpaired) electrons. The molecular formula is C35H32F6N2O7S2. The Hall–Kier alpha value is -4.32. The number of alkyl halides is 6. The van der Waals surface area contributed by atoms with Gasteiger partial charge in [-0.05, 0) is 72.2 Å². The molecule has 0 unspecified atom stereocenters. The van der Waals surface area contributed by atoms with Crippen LogP contribution in [-0.4, -0.2) is 90.8 Å². The molecule has 0 aromatic heterocycles. The molecular weight excluding hydrogens is 739 g/mol. The van der Waals surface area contributed by atoms with Crippen LogP contribution in [0.3, 0.4) is 0 Å². The summed E-state index contributed by atoms with van der Waals surface area (Å²) in [5.74, 6) is -0.791. The fourth-order valence-electron chi connectivity index (χ4n) is 5.36. The lowest BCUT2D eigenvalue weighted by Gasteiger charge is -2.26. The van der Waals surface area contributed by atoms with E-state index in [1.54, 1.807) is 0 Å². The van der Waals surface area contributed by atoms with Gasteiger partial charge in [-0.25, -0.2) is 4.79 Å². The molecule has 2 fully saturated rings. The van der Waals surface area contributed by atoms with Crippen LogP contribution in [0, 0.1) is 0 Å². The second kappa shape index (κ2) is 16.6.